The van der Waals surface area contributed by atoms with Crippen LogP contribution < -0.4 is 19.7 Å². The summed E-state index contributed by atoms with van der Waals surface area (Å²) in [5.74, 6) is -0.438. The summed E-state index contributed by atoms with van der Waals surface area (Å²) in [5.41, 5.74) is 0.688. The third-order valence-corrected chi connectivity index (χ3v) is 7.56. The minimum Gasteiger partial charge on any atom is -0.493 e. The van der Waals surface area contributed by atoms with E-state index in [-0.39, 0.29) is 35.1 Å². The van der Waals surface area contributed by atoms with Gasteiger partial charge in [0.1, 0.15) is 5.25 Å². The summed E-state index contributed by atoms with van der Waals surface area (Å²) in [6.07, 6.45) is -4.25. The number of hydrogen-bond donors (Lipinski definition) is 1. The van der Waals surface area contributed by atoms with Gasteiger partial charge in [-0.3, -0.25) is 14.6 Å². The zero-order chi connectivity index (χ0) is 31.1. The van der Waals surface area contributed by atoms with E-state index in [1.54, 1.807) is 12.1 Å². The number of rotatable bonds is 9. The Bertz CT molecular complexity index is 1530. The molecule has 1 fully saturated rings. The van der Waals surface area contributed by atoms with Gasteiger partial charge in [-0.15, -0.1) is 0 Å². The molecular weight excluding hydrogens is 587 g/mol. The smallest absolute Gasteiger partial charge is 0.416 e. The number of esters is 1. The number of nitrogens with zero attached hydrogens (tertiary/aromatic N) is 2. The highest BCUT2D eigenvalue weighted by atomic mass is 32.2. The molecule has 1 heterocycles. The lowest BCUT2D eigenvalue weighted by atomic mass is 10.1. The van der Waals surface area contributed by atoms with Crippen LogP contribution in [0.3, 0.4) is 0 Å². The predicted molar refractivity (Wildman–Crippen MR) is 157 cm³/mol. The van der Waals surface area contributed by atoms with Crippen molar-refractivity contribution >= 4 is 46.1 Å². The van der Waals surface area contributed by atoms with Gasteiger partial charge in [0.05, 0.1) is 38.1 Å². The summed E-state index contributed by atoms with van der Waals surface area (Å²) in [6.45, 7) is 0.220. The zero-order valence-electron chi connectivity index (χ0n) is 23.4. The molecule has 1 atom stereocenters. The molecule has 3 aromatic carbocycles. The summed E-state index contributed by atoms with van der Waals surface area (Å²) >= 11 is 0.958. The number of carbonyl (C=O) groups is 3. The van der Waals surface area contributed by atoms with Crippen LogP contribution in [0.4, 0.5) is 24.5 Å². The van der Waals surface area contributed by atoms with E-state index in [2.05, 4.69) is 15.0 Å². The van der Waals surface area contributed by atoms with E-state index in [9.17, 15) is 27.6 Å². The number of amides is 2. The first-order valence-corrected chi connectivity index (χ1v) is 13.8. The van der Waals surface area contributed by atoms with Gasteiger partial charge in [0.15, 0.2) is 16.7 Å². The van der Waals surface area contributed by atoms with Crippen molar-refractivity contribution in [1.82, 2.24) is 0 Å². The Kier molecular flexibility index (Phi) is 9.96. The number of imide groups is 1. The molecule has 1 aliphatic rings. The second kappa shape index (κ2) is 13.6. The summed E-state index contributed by atoms with van der Waals surface area (Å²) in [7, 11) is 4.29. The number of aliphatic imine (C=N–C) groups is 1. The summed E-state index contributed by atoms with van der Waals surface area (Å²) in [4.78, 5) is 43.5. The topological polar surface area (TPSA) is 107 Å². The molecule has 1 saturated heterocycles. The molecule has 0 aliphatic carbocycles. The molecule has 1 aliphatic heterocycles. The van der Waals surface area contributed by atoms with Crippen LogP contribution in [0.15, 0.2) is 71.7 Å². The Labute approximate surface area is 250 Å². The Balaban J connectivity index is 1.55. The molecule has 43 heavy (non-hydrogen) atoms. The summed E-state index contributed by atoms with van der Waals surface area (Å²) in [5, 5.41) is 2.19. The van der Waals surface area contributed by atoms with Gasteiger partial charge in [-0.2, -0.15) is 13.2 Å². The fraction of sp³-hybridized carbons (Fsp3) is 0.267. The molecule has 2 amide bonds. The maximum absolute atomic E-state index is 13.3. The van der Waals surface area contributed by atoms with Crippen LogP contribution >= 0.6 is 11.8 Å². The van der Waals surface area contributed by atoms with Gasteiger partial charge in [0.2, 0.25) is 11.8 Å². The first-order valence-electron chi connectivity index (χ1n) is 13.0. The largest absolute Gasteiger partial charge is 0.493 e. The number of carbonyl (C=O) groups excluding carboxylic acids is 3. The quantitative estimate of drug-likeness (QED) is 0.144. The average molecular weight is 616 g/mol. The molecule has 226 valence electrons. The van der Waals surface area contributed by atoms with E-state index in [1.165, 1.54) is 57.7 Å². The normalized spacial score (nSPS) is 15.4. The minimum atomic E-state index is -4.55. The third-order valence-electron chi connectivity index (χ3n) is 6.45. The minimum absolute atomic E-state index is 0.124. The fourth-order valence-electron chi connectivity index (χ4n) is 4.29. The molecule has 0 bridgehead atoms. The molecule has 4 rings (SSSR count). The van der Waals surface area contributed by atoms with Crippen molar-refractivity contribution < 1.29 is 41.8 Å². The SMILES string of the molecule is COC(=O)c1ccc(N2C(=O)C[C@@H](SC(=NCCc3ccc(OC)c(OC)c3)Nc3cccc(C(F)(F)F)c3)C2=O)cc1. The highest BCUT2D eigenvalue weighted by Gasteiger charge is 2.41. The predicted octanol–water partition coefficient (Wildman–Crippen LogP) is 5.59. The lowest BCUT2D eigenvalue weighted by molar-refractivity contribution is -0.137. The van der Waals surface area contributed by atoms with Gasteiger partial charge in [-0.1, -0.05) is 23.9 Å². The lowest BCUT2D eigenvalue weighted by Gasteiger charge is -2.17. The van der Waals surface area contributed by atoms with Crippen molar-refractivity contribution in [2.45, 2.75) is 24.3 Å². The monoisotopic (exact) mass is 615 g/mol. The van der Waals surface area contributed by atoms with Crippen molar-refractivity contribution in [3.63, 3.8) is 0 Å². The van der Waals surface area contributed by atoms with Gasteiger partial charge >= 0.3 is 12.1 Å². The Morgan fingerprint density at radius 3 is 2.37 bits per heavy atom. The number of benzene rings is 3. The van der Waals surface area contributed by atoms with Crippen LogP contribution in [0.1, 0.15) is 27.9 Å². The van der Waals surface area contributed by atoms with E-state index in [0.29, 0.717) is 17.9 Å². The van der Waals surface area contributed by atoms with Crippen LogP contribution in [0.2, 0.25) is 0 Å². The molecule has 0 aromatic heterocycles. The highest BCUT2D eigenvalue weighted by Crippen LogP contribution is 2.33. The first-order chi connectivity index (χ1) is 20.5. The Hall–Kier alpha value is -4.52. The van der Waals surface area contributed by atoms with Gasteiger partial charge in [-0.25, -0.2) is 9.69 Å². The van der Waals surface area contributed by atoms with Crippen molar-refractivity contribution in [3.05, 3.63) is 83.4 Å². The van der Waals surface area contributed by atoms with Crippen LogP contribution in [-0.4, -0.2) is 56.1 Å². The maximum Gasteiger partial charge on any atom is 0.416 e. The number of halogens is 3. The number of anilines is 2. The Morgan fingerprint density at radius 1 is 1.00 bits per heavy atom. The number of ether oxygens (including phenoxy) is 3. The van der Waals surface area contributed by atoms with Crippen molar-refractivity contribution in [1.29, 1.82) is 0 Å². The van der Waals surface area contributed by atoms with Crippen molar-refractivity contribution in [3.8, 4) is 11.5 Å². The average Bonchev–Trinajstić information content (AvgIpc) is 3.28. The molecule has 0 saturated carbocycles. The lowest BCUT2D eigenvalue weighted by Crippen LogP contribution is -2.31. The second-order valence-corrected chi connectivity index (χ2v) is 10.4. The van der Waals surface area contributed by atoms with E-state index >= 15 is 0 Å². The molecule has 0 spiro atoms. The molecule has 0 unspecified atom stereocenters. The van der Waals surface area contributed by atoms with Crippen LogP contribution in [0.5, 0.6) is 11.5 Å². The maximum atomic E-state index is 13.3. The molecular formula is C30H28F3N3O6S. The van der Waals surface area contributed by atoms with Crippen molar-refractivity contribution in [2.24, 2.45) is 4.99 Å². The number of hydrogen-bond acceptors (Lipinski definition) is 8. The summed E-state index contributed by atoms with van der Waals surface area (Å²) < 4.78 is 55.3. The van der Waals surface area contributed by atoms with Crippen LogP contribution in [-0.2, 0) is 26.9 Å². The van der Waals surface area contributed by atoms with Crippen LogP contribution in [0, 0.1) is 0 Å². The number of nitrogens with one attached hydrogen (secondary N) is 1. The standard InChI is InChI=1S/C30H28F3N3O6S/c1-40-23-12-7-18(15-24(23)41-2)13-14-34-29(35-21-6-4-5-20(16-21)30(31,32)33)43-25-17-26(37)36(27(25)38)22-10-8-19(9-11-22)28(39)42-3/h4-12,15-16,25H,13-14,17H2,1-3H3,(H,34,35)/t25-/m1/s1. The molecule has 0 radical (unpaired) electrons. The number of methoxy groups -OCH3 is 3. The third kappa shape index (κ3) is 7.66. The van der Waals surface area contributed by atoms with E-state index in [1.807, 2.05) is 6.07 Å². The summed E-state index contributed by atoms with van der Waals surface area (Å²) in [6, 6.07) is 15.8. The zero-order valence-corrected chi connectivity index (χ0v) is 24.3. The first kappa shape index (κ1) is 31.4. The van der Waals surface area contributed by atoms with Gasteiger partial charge in [0, 0.05) is 18.7 Å². The molecule has 13 heteroatoms. The number of amidine groups is 1. The Morgan fingerprint density at radius 2 is 1.72 bits per heavy atom. The van der Waals surface area contributed by atoms with E-state index < -0.39 is 34.8 Å². The van der Waals surface area contributed by atoms with E-state index in [0.717, 1.165) is 34.4 Å². The van der Waals surface area contributed by atoms with Crippen LogP contribution in [0.25, 0.3) is 0 Å². The van der Waals surface area contributed by atoms with Gasteiger partial charge in [0.25, 0.3) is 0 Å². The number of alkyl halides is 3. The highest BCUT2D eigenvalue weighted by molar-refractivity contribution is 8.15. The molecule has 3 aromatic rings. The second-order valence-electron chi connectivity index (χ2n) is 9.25. The molecule has 9 nitrogen and oxygen atoms in total. The van der Waals surface area contributed by atoms with Gasteiger partial charge < -0.3 is 19.5 Å². The number of thioether (sulfide) groups is 1. The van der Waals surface area contributed by atoms with E-state index in [4.69, 9.17) is 9.47 Å². The fourth-order valence-corrected chi connectivity index (χ4v) is 5.34. The van der Waals surface area contributed by atoms with Crippen molar-refractivity contribution in [2.75, 3.05) is 38.1 Å². The molecule has 1 N–H and O–H groups in total. The van der Waals surface area contributed by atoms with Gasteiger partial charge in [-0.05, 0) is 66.6 Å².